The van der Waals surface area contributed by atoms with Crippen LogP contribution in [0.5, 0.6) is 0 Å². The van der Waals surface area contributed by atoms with Gasteiger partial charge >= 0.3 is 0 Å². The van der Waals surface area contributed by atoms with Crippen LogP contribution in [0.1, 0.15) is 12.5 Å². The zero-order chi connectivity index (χ0) is 19.8. The summed E-state index contributed by atoms with van der Waals surface area (Å²) in [7, 11) is 0. The van der Waals surface area contributed by atoms with Gasteiger partial charge in [-0.25, -0.2) is 0 Å². The quantitative estimate of drug-likeness (QED) is 0.676. The van der Waals surface area contributed by atoms with Crippen LogP contribution >= 0.6 is 24.8 Å². The third-order valence-corrected chi connectivity index (χ3v) is 4.98. The highest BCUT2D eigenvalue weighted by Gasteiger charge is 2.22. The van der Waals surface area contributed by atoms with E-state index in [-0.39, 0.29) is 43.2 Å². The number of benzene rings is 2. The van der Waals surface area contributed by atoms with Crippen LogP contribution in [0.25, 0.3) is 0 Å². The Morgan fingerprint density at radius 2 is 1.53 bits per heavy atom. The number of nitrogens with one attached hydrogen (secondary N) is 2. The molecule has 1 saturated heterocycles. The molecule has 1 heterocycles. The Balaban J connectivity index is 0.00000225. The predicted molar refractivity (Wildman–Crippen MR) is 127 cm³/mol. The van der Waals surface area contributed by atoms with Crippen molar-refractivity contribution in [2.45, 2.75) is 13.3 Å². The number of hydrogen-bond donors (Lipinski definition) is 2. The number of carbonyl (C=O) groups excluding carboxylic acids is 2. The molecule has 6 nitrogen and oxygen atoms in total. The molecule has 0 saturated carbocycles. The number of para-hydroxylation sites is 2. The molecule has 0 atom stereocenters. The van der Waals surface area contributed by atoms with Crippen molar-refractivity contribution in [2.24, 2.45) is 0 Å². The number of aryl methyl sites for hydroxylation is 1. The highest BCUT2D eigenvalue weighted by molar-refractivity contribution is 5.93. The SMILES string of the molecule is CCc1ccccc1NC(=O)CN1CCN(C(=O)CNc2ccccc2)CC1.Cl.Cl. The Bertz CT molecular complexity index is 797. The lowest BCUT2D eigenvalue weighted by molar-refractivity contribution is -0.131. The molecule has 0 spiro atoms. The highest BCUT2D eigenvalue weighted by Crippen LogP contribution is 2.15. The largest absolute Gasteiger partial charge is 0.376 e. The van der Waals surface area contributed by atoms with Crippen molar-refractivity contribution < 1.29 is 9.59 Å². The van der Waals surface area contributed by atoms with Gasteiger partial charge in [-0.2, -0.15) is 0 Å². The third kappa shape index (κ3) is 7.52. The zero-order valence-corrected chi connectivity index (χ0v) is 18.8. The molecule has 1 aliphatic rings. The smallest absolute Gasteiger partial charge is 0.241 e. The first-order valence-corrected chi connectivity index (χ1v) is 9.82. The van der Waals surface area contributed by atoms with Crippen molar-refractivity contribution >= 4 is 48.0 Å². The molecule has 3 rings (SSSR count). The van der Waals surface area contributed by atoms with Crippen molar-refractivity contribution in [1.82, 2.24) is 9.80 Å². The molecule has 8 heteroatoms. The summed E-state index contributed by atoms with van der Waals surface area (Å²) in [6.45, 7) is 5.43. The fourth-order valence-electron chi connectivity index (χ4n) is 3.34. The van der Waals surface area contributed by atoms with E-state index in [0.717, 1.165) is 23.4 Å². The summed E-state index contributed by atoms with van der Waals surface area (Å²) in [6, 6.07) is 17.6. The molecular formula is C22H30Cl2N4O2. The Kier molecular flexibility index (Phi) is 11.3. The standard InChI is InChI=1S/C22H28N4O2.2ClH/c1-2-18-8-6-7-11-20(18)24-21(27)17-25-12-14-26(15-13-25)22(28)16-23-19-9-4-3-5-10-19;;/h3-11,23H,2,12-17H2,1H3,(H,24,27);2*1H. The molecule has 164 valence electrons. The van der Waals surface area contributed by atoms with Gasteiger partial charge in [0.25, 0.3) is 0 Å². The Morgan fingerprint density at radius 3 is 2.20 bits per heavy atom. The Hall–Kier alpha value is -2.28. The van der Waals surface area contributed by atoms with Crippen LogP contribution in [-0.2, 0) is 16.0 Å². The number of piperazine rings is 1. The third-order valence-electron chi connectivity index (χ3n) is 4.98. The van der Waals surface area contributed by atoms with E-state index in [1.165, 1.54) is 0 Å². The number of amides is 2. The predicted octanol–water partition coefficient (Wildman–Crippen LogP) is 3.29. The molecule has 0 aliphatic carbocycles. The minimum absolute atomic E-state index is 0. The van der Waals surface area contributed by atoms with E-state index in [9.17, 15) is 9.59 Å². The first kappa shape index (κ1) is 25.8. The second-order valence-electron chi connectivity index (χ2n) is 6.94. The normalized spacial score (nSPS) is 13.6. The van der Waals surface area contributed by atoms with Crippen molar-refractivity contribution in [1.29, 1.82) is 0 Å². The highest BCUT2D eigenvalue weighted by atomic mass is 35.5. The summed E-state index contributed by atoms with van der Waals surface area (Å²) in [5, 5.41) is 6.16. The first-order chi connectivity index (χ1) is 13.7. The molecule has 2 amide bonds. The second-order valence-corrected chi connectivity index (χ2v) is 6.94. The van der Waals surface area contributed by atoms with E-state index in [0.29, 0.717) is 32.7 Å². The van der Waals surface area contributed by atoms with Crippen LogP contribution in [0.3, 0.4) is 0 Å². The maximum atomic E-state index is 12.4. The molecule has 0 bridgehead atoms. The Labute approximate surface area is 190 Å². The van der Waals surface area contributed by atoms with E-state index in [2.05, 4.69) is 22.5 Å². The average molecular weight is 453 g/mol. The maximum absolute atomic E-state index is 12.4. The number of rotatable bonds is 7. The molecule has 2 aromatic rings. The van der Waals surface area contributed by atoms with Crippen LogP contribution in [0.4, 0.5) is 11.4 Å². The molecule has 1 fully saturated rings. The summed E-state index contributed by atoms with van der Waals surface area (Å²) >= 11 is 0. The summed E-state index contributed by atoms with van der Waals surface area (Å²) in [6.07, 6.45) is 0.883. The van der Waals surface area contributed by atoms with Gasteiger partial charge in [0, 0.05) is 37.6 Å². The number of hydrogen-bond acceptors (Lipinski definition) is 4. The van der Waals surface area contributed by atoms with Gasteiger partial charge in [0.05, 0.1) is 13.1 Å². The number of halogens is 2. The second kappa shape index (κ2) is 13.1. The van der Waals surface area contributed by atoms with Crippen molar-refractivity contribution in [3.8, 4) is 0 Å². The summed E-state index contributed by atoms with van der Waals surface area (Å²) in [5.41, 5.74) is 2.96. The lowest BCUT2D eigenvalue weighted by Crippen LogP contribution is -2.51. The molecule has 2 aromatic carbocycles. The van der Waals surface area contributed by atoms with Gasteiger partial charge in [-0.3, -0.25) is 14.5 Å². The van der Waals surface area contributed by atoms with Gasteiger partial charge in [-0.05, 0) is 30.2 Å². The molecule has 1 aliphatic heterocycles. The number of anilines is 2. The van der Waals surface area contributed by atoms with Crippen LogP contribution in [0.15, 0.2) is 54.6 Å². The minimum Gasteiger partial charge on any atom is -0.376 e. The zero-order valence-electron chi connectivity index (χ0n) is 17.2. The van der Waals surface area contributed by atoms with Gasteiger partial charge in [-0.15, -0.1) is 24.8 Å². The summed E-state index contributed by atoms with van der Waals surface area (Å²) < 4.78 is 0. The number of nitrogens with zero attached hydrogens (tertiary/aromatic N) is 2. The molecule has 2 N–H and O–H groups in total. The van der Waals surface area contributed by atoms with Gasteiger partial charge < -0.3 is 15.5 Å². The first-order valence-electron chi connectivity index (χ1n) is 9.82. The molecule has 0 unspecified atom stereocenters. The lowest BCUT2D eigenvalue weighted by atomic mass is 10.1. The van der Waals surface area contributed by atoms with Gasteiger partial charge in [0.1, 0.15) is 0 Å². The minimum atomic E-state index is -0.00794. The van der Waals surface area contributed by atoms with E-state index in [1.54, 1.807) is 0 Å². The van der Waals surface area contributed by atoms with E-state index in [4.69, 9.17) is 0 Å². The lowest BCUT2D eigenvalue weighted by Gasteiger charge is -2.34. The Morgan fingerprint density at radius 1 is 0.900 bits per heavy atom. The molecule has 0 aromatic heterocycles. The van der Waals surface area contributed by atoms with Crippen LogP contribution < -0.4 is 10.6 Å². The molecule has 30 heavy (non-hydrogen) atoms. The van der Waals surface area contributed by atoms with Gasteiger partial charge in [0.15, 0.2) is 0 Å². The van der Waals surface area contributed by atoms with E-state index in [1.807, 2.05) is 59.5 Å². The summed E-state index contributed by atoms with van der Waals surface area (Å²) in [4.78, 5) is 28.7. The average Bonchev–Trinajstić information content (AvgIpc) is 2.73. The molecule has 0 radical (unpaired) electrons. The van der Waals surface area contributed by atoms with Crippen molar-refractivity contribution in [3.05, 3.63) is 60.2 Å². The number of carbonyl (C=O) groups is 2. The van der Waals surface area contributed by atoms with Gasteiger partial charge in [0.2, 0.25) is 11.8 Å². The topological polar surface area (TPSA) is 64.7 Å². The summed E-state index contributed by atoms with van der Waals surface area (Å²) in [5.74, 6) is 0.0799. The maximum Gasteiger partial charge on any atom is 0.241 e. The monoisotopic (exact) mass is 452 g/mol. The van der Waals surface area contributed by atoms with E-state index < -0.39 is 0 Å². The molecular weight excluding hydrogens is 423 g/mol. The van der Waals surface area contributed by atoms with Crippen LogP contribution in [0.2, 0.25) is 0 Å². The van der Waals surface area contributed by atoms with Crippen molar-refractivity contribution in [3.63, 3.8) is 0 Å². The fraction of sp³-hybridized carbons (Fsp3) is 0.364. The van der Waals surface area contributed by atoms with Crippen LogP contribution in [0, 0.1) is 0 Å². The van der Waals surface area contributed by atoms with Crippen LogP contribution in [-0.4, -0.2) is 60.9 Å². The van der Waals surface area contributed by atoms with E-state index >= 15 is 0 Å². The fourth-order valence-corrected chi connectivity index (χ4v) is 3.34. The van der Waals surface area contributed by atoms with Crippen molar-refractivity contribution in [2.75, 3.05) is 49.9 Å². The van der Waals surface area contributed by atoms with Gasteiger partial charge in [-0.1, -0.05) is 43.3 Å².